The lowest BCUT2D eigenvalue weighted by molar-refractivity contribution is 0.0700. The van der Waals surface area contributed by atoms with E-state index in [9.17, 15) is 9.90 Å². The Morgan fingerprint density at radius 2 is 2.30 bits per heavy atom. The number of carboxylic acid groups (broad SMARTS) is 1. The Labute approximate surface area is 123 Å². The highest BCUT2D eigenvalue weighted by Crippen LogP contribution is 2.29. The van der Waals surface area contributed by atoms with Gasteiger partial charge in [0.25, 0.3) is 0 Å². The second-order valence-corrected chi connectivity index (χ2v) is 6.24. The molecule has 0 aromatic carbocycles. The third-order valence-corrected chi connectivity index (χ3v) is 4.52. The number of aromatic nitrogens is 1. The summed E-state index contributed by atoms with van der Waals surface area (Å²) in [5, 5.41) is 9.96. The highest BCUT2D eigenvalue weighted by molar-refractivity contribution is 7.17. The molecule has 2 rings (SSSR count). The largest absolute Gasteiger partial charge is 0.477 e. The van der Waals surface area contributed by atoms with Gasteiger partial charge in [-0.25, -0.2) is 9.78 Å². The summed E-state index contributed by atoms with van der Waals surface area (Å²) < 4.78 is 5.60. The number of aromatic carboxylic acids is 1. The van der Waals surface area contributed by atoms with Gasteiger partial charge in [-0.3, -0.25) is 0 Å². The van der Waals surface area contributed by atoms with Gasteiger partial charge in [-0.15, -0.1) is 0 Å². The molecule has 5 nitrogen and oxygen atoms in total. The lowest BCUT2D eigenvalue weighted by atomic mass is 10.2. The normalized spacial score (nSPS) is 14.5. The van der Waals surface area contributed by atoms with Crippen LogP contribution in [0.3, 0.4) is 0 Å². The fourth-order valence-electron chi connectivity index (χ4n) is 1.91. The van der Waals surface area contributed by atoms with Crippen LogP contribution in [0.1, 0.15) is 41.6 Å². The Balaban J connectivity index is 1.88. The number of thiazole rings is 1. The van der Waals surface area contributed by atoms with Crippen LogP contribution in [0.4, 0.5) is 5.13 Å². The first-order valence-corrected chi connectivity index (χ1v) is 7.95. The third-order valence-electron chi connectivity index (χ3n) is 3.32. The molecular weight excluding hydrogens is 276 g/mol. The van der Waals surface area contributed by atoms with Crippen LogP contribution >= 0.6 is 11.3 Å². The summed E-state index contributed by atoms with van der Waals surface area (Å²) in [6.45, 7) is 4.29. The van der Waals surface area contributed by atoms with Gasteiger partial charge in [0.05, 0.1) is 12.3 Å². The van der Waals surface area contributed by atoms with E-state index in [0.29, 0.717) is 23.6 Å². The minimum atomic E-state index is -0.879. The summed E-state index contributed by atoms with van der Waals surface area (Å²) in [7, 11) is 1.93. The maximum atomic E-state index is 11.2. The van der Waals surface area contributed by atoms with Crippen molar-refractivity contribution in [1.29, 1.82) is 0 Å². The molecule has 0 unspecified atom stereocenters. The maximum absolute atomic E-state index is 11.2. The molecule has 0 bridgehead atoms. The number of nitrogens with zero attached hydrogens (tertiary/aromatic N) is 2. The Morgan fingerprint density at radius 1 is 1.55 bits per heavy atom. The van der Waals surface area contributed by atoms with Gasteiger partial charge >= 0.3 is 5.97 Å². The zero-order chi connectivity index (χ0) is 14.5. The van der Waals surface area contributed by atoms with Crippen LogP contribution in [0.25, 0.3) is 0 Å². The fourth-order valence-corrected chi connectivity index (χ4v) is 2.85. The van der Waals surface area contributed by atoms with Gasteiger partial charge in [0, 0.05) is 20.2 Å². The smallest absolute Gasteiger partial charge is 0.347 e. The lowest BCUT2D eigenvalue weighted by Crippen LogP contribution is -2.22. The molecule has 20 heavy (non-hydrogen) atoms. The molecule has 1 N–H and O–H groups in total. The lowest BCUT2D eigenvalue weighted by Gasteiger charge is -2.15. The van der Waals surface area contributed by atoms with Crippen molar-refractivity contribution in [2.45, 2.75) is 32.6 Å². The number of anilines is 1. The Hall–Kier alpha value is -1.14. The summed E-state index contributed by atoms with van der Waals surface area (Å²) in [5.74, 6) is -0.106. The van der Waals surface area contributed by atoms with Crippen LogP contribution in [0.5, 0.6) is 0 Å². The fraction of sp³-hybridized carbons (Fsp3) is 0.714. The highest BCUT2D eigenvalue weighted by Gasteiger charge is 2.21. The molecule has 1 saturated carbocycles. The quantitative estimate of drug-likeness (QED) is 0.710. The molecule has 6 heteroatoms. The van der Waals surface area contributed by atoms with Gasteiger partial charge in [-0.05, 0) is 25.2 Å². The van der Waals surface area contributed by atoms with Crippen molar-refractivity contribution in [2.75, 3.05) is 31.7 Å². The predicted molar refractivity (Wildman–Crippen MR) is 79.9 cm³/mol. The number of rotatable bonds is 9. The predicted octanol–water partition coefficient (Wildman–Crippen LogP) is 2.66. The SMILES string of the molecule is CCCc1nc(N(C)CCOCC2CC2)sc1C(=O)O. The number of carbonyl (C=O) groups is 1. The molecule has 1 aliphatic rings. The molecule has 1 heterocycles. The van der Waals surface area contributed by atoms with Crippen LogP contribution in [0.15, 0.2) is 0 Å². The van der Waals surface area contributed by atoms with Gasteiger partial charge in [-0.1, -0.05) is 24.7 Å². The second kappa shape index (κ2) is 7.04. The zero-order valence-corrected chi connectivity index (χ0v) is 12.9. The number of hydrogen-bond acceptors (Lipinski definition) is 5. The van der Waals surface area contributed by atoms with E-state index in [4.69, 9.17) is 4.74 Å². The molecular formula is C14H22N2O3S. The van der Waals surface area contributed by atoms with Crippen LogP contribution in [-0.2, 0) is 11.2 Å². The minimum Gasteiger partial charge on any atom is -0.477 e. The van der Waals surface area contributed by atoms with Crippen LogP contribution < -0.4 is 4.90 Å². The average Bonchev–Trinajstić information content (AvgIpc) is 3.13. The molecule has 0 radical (unpaired) electrons. The van der Waals surface area contributed by atoms with Crippen LogP contribution in [0, 0.1) is 5.92 Å². The number of aryl methyl sites for hydroxylation is 1. The first-order chi connectivity index (χ1) is 9.61. The Bertz CT molecular complexity index is 457. The molecule has 112 valence electrons. The Kier molecular flexibility index (Phi) is 5.37. The van der Waals surface area contributed by atoms with Gasteiger partial charge in [0.1, 0.15) is 4.88 Å². The van der Waals surface area contributed by atoms with E-state index >= 15 is 0 Å². The molecule has 1 aromatic heterocycles. The van der Waals surface area contributed by atoms with Crippen molar-refractivity contribution in [2.24, 2.45) is 5.92 Å². The molecule has 0 amide bonds. The van der Waals surface area contributed by atoms with Crippen LogP contribution in [0.2, 0.25) is 0 Å². The summed E-state index contributed by atoms with van der Waals surface area (Å²) in [6.07, 6.45) is 4.21. The Morgan fingerprint density at radius 3 is 2.90 bits per heavy atom. The first-order valence-electron chi connectivity index (χ1n) is 7.13. The van der Waals surface area contributed by atoms with Crippen molar-refractivity contribution in [3.05, 3.63) is 10.6 Å². The van der Waals surface area contributed by atoms with Crippen LogP contribution in [-0.4, -0.2) is 42.9 Å². The second-order valence-electron chi connectivity index (χ2n) is 5.27. The summed E-state index contributed by atoms with van der Waals surface area (Å²) >= 11 is 1.25. The zero-order valence-electron chi connectivity index (χ0n) is 12.1. The monoisotopic (exact) mass is 298 g/mol. The molecule has 1 aliphatic carbocycles. The van der Waals surface area contributed by atoms with E-state index in [-0.39, 0.29) is 0 Å². The number of hydrogen-bond donors (Lipinski definition) is 1. The van der Waals surface area contributed by atoms with Crippen molar-refractivity contribution in [3.63, 3.8) is 0 Å². The van der Waals surface area contributed by atoms with Gasteiger partial charge in [-0.2, -0.15) is 0 Å². The standard InChI is InChI=1S/C14H22N2O3S/c1-3-4-11-12(13(17)18)20-14(15-11)16(2)7-8-19-9-10-5-6-10/h10H,3-9H2,1-2H3,(H,17,18). The number of likely N-dealkylation sites (N-methyl/N-ethyl adjacent to an activating group) is 1. The summed E-state index contributed by atoms with van der Waals surface area (Å²) in [5.41, 5.74) is 0.700. The summed E-state index contributed by atoms with van der Waals surface area (Å²) in [4.78, 5) is 18.0. The summed E-state index contributed by atoms with van der Waals surface area (Å²) in [6, 6.07) is 0. The molecule has 1 fully saturated rings. The molecule has 0 atom stereocenters. The third kappa shape index (κ3) is 4.18. The van der Waals surface area contributed by atoms with Gasteiger partial charge in [0.15, 0.2) is 5.13 Å². The maximum Gasteiger partial charge on any atom is 0.347 e. The highest BCUT2D eigenvalue weighted by atomic mass is 32.1. The average molecular weight is 298 g/mol. The number of carboxylic acids is 1. The van der Waals surface area contributed by atoms with Crippen molar-refractivity contribution < 1.29 is 14.6 Å². The molecule has 0 aliphatic heterocycles. The number of ether oxygens (including phenoxy) is 1. The first kappa shape index (κ1) is 15.3. The van der Waals surface area contributed by atoms with E-state index in [1.165, 1.54) is 24.2 Å². The van der Waals surface area contributed by atoms with Gasteiger partial charge < -0.3 is 14.7 Å². The van der Waals surface area contributed by atoms with E-state index in [1.54, 1.807) is 0 Å². The molecule has 1 aromatic rings. The van der Waals surface area contributed by atoms with E-state index in [2.05, 4.69) is 4.98 Å². The molecule has 0 saturated heterocycles. The minimum absolute atomic E-state index is 0.368. The topological polar surface area (TPSA) is 62.7 Å². The van der Waals surface area contributed by atoms with Crippen molar-refractivity contribution in [3.8, 4) is 0 Å². The van der Waals surface area contributed by atoms with E-state index in [1.807, 2.05) is 18.9 Å². The van der Waals surface area contributed by atoms with Gasteiger partial charge in [0.2, 0.25) is 0 Å². The van der Waals surface area contributed by atoms with E-state index < -0.39 is 5.97 Å². The van der Waals surface area contributed by atoms with Crippen molar-refractivity contribution in [1.82, 2.24) is 4.98 Å². The van der Waals surface area contributed by atoms with E-state index in [0.717, 1.165) is 30.6 Å². The molecule has 0 spiro atoms. The van der Waals surface area contributed by atoms with Crippen molar-refractivity contribution >= 4 is 22.4 Å².